The minimum Gasteiger partial charge on any atom is -0.481 e. The third-order valence-electron chi connectivity index (χ3n) is 7.63. The molecule has 4 rings (SSSR count). The van der Waals surface area contributed by atoms with Crippen LogP contribution in [0.4, 0.5) is 0 Å². The third-order valence-corrected chi connectivity index (χ3v) is 9.07. The maximum Gasteiger partial charge on any atom is 0.304 e. The van der Waals surface area contributed by atoms with Gasteiger partial charge in [-0.25, -0.2) is 8.42 Å². The van der Waals surface area contributed by atoms with Gasteiger partial charge in [-0.15, -0.1) is 0 Å². The quantitative estimate of drug-likeness (QED) is 0.428. The summed E-state index contributed by atoms with van der Waals surface area (Å²) in [6.45, 7) is 1.83. The molecule has 4 atom stereocenters. The van der Waals surface area contributed by atoms with Gasteiger partial charge in [-0.1, -0.05) is 54.4 Å². The third kappa shape index (κ3) is 5.74. The second-order valence-corrected chi connectivity index (χ2v) is 13.3. The Labute approximate surface area is 222 Å². The Kier molecular flexibility index (Phi) is 7.75. The monoisotopic (exact) mass is 551 g/mol. The molecule has 1 aliphatic carbocycles. The van der Waals surface area contributed by atoms with Gasteiger partial charge < -0.3 is 10.0 Å². The van der Waals surface area contributed by atoms with E-state index in [-0.39, 0.29) is 29.9 Å². The fourth-order valence-corrected chi connectivity index (χ4v) is 7.13. The molecule has 1 N–H and O–H groups in total. The summed E-state index contributed by atoms with van der Waals surface area (Å²) in [6, 6.07) is 13.6. The lowest BCUT2D eigenvalue weighted by molar-refractivity contribution is -0.162. The van der Waals surface area contributed by atoms with E-state index in [1.807, 2.05) is 37.3 Å². The first kappa shape index (κ1) is 27.0. The van der Waals surface area contributed by atoms with E-state index in [4.69, 9.17) is 23.2 Å². The Balaban J connectivity index is 1.96. The standard InChI is InChI=1S/C27H31Cl2NO5S/c1-3-27(15-24(31)32)14-22(19-5-4-6-21(29)13-19)25(18-9-11-20(28)12-10-18)30(26(27)33)23(17-7-8-17)16-36(2,34)35/h4-6,9-13,17,22-23,25H,3,7-8,14-16H2,1-2H3,(H,31,32)/t22?,23?,25-,27-/m1/s1. The first-order valence-electron chi connectivity index (χ1n) is 12.2. The summed E-state index contributed by atoms with van der Waals surface area (Å²) in [5.74, 6) is -1.74. The number of likely N-dealkylation sites (tertiary alicyclic amines) is 1. The molecular weight excluding hydrogens is 521 g/mol. The molecule has 2 aromatic rings. The Morgan fingerprint density at radius 1 is 1.11 bits per heavy atom. The van der Waals surface area contributed by atoms with E-state index >= 15 is 0 Å². The van der Waals surface area contributed by atoms with Crippen molar-refractivity contribution in [3.05, 3.63) is 69.7 Å². The molecule has 1 saturated carbocycles. The number of hydrogen-bond acceptors (Lipinski definition) is 4. The number of sulfone groups is 1. The number of benzene rings is 2. The topological polar surface area (TPSA) is 91.8 Å². The zero-order valence-corrected chi connectivity index (χ0v) is 22.7. The second kappa shape index (κ2) is 10.3. The van der Waals surface area contributed by atoms with Gasteiger partial charge in [-0.3, -0.25) is 9.59 Å². The van der Waals surface area contributed by atoms with Crippen molar-refractivity contribution in [3.8, 4) is 0 Å². The maximum absolute atomic E-state index is 14.4. The number of halogens is 2. The lowest BCUT2D eigenvalue weighted by atomic mass is 9.65. The smallest absolute Gasteiger partial charge is 0.304 e. The molecular formula is C27H31Cl2NO5S. The van der Waals surface area contributed by atoms with Crippen molar-refractivity contribution in [3.63, 3.8) is 0 Å². The molecule has 0 bridgehead atoms. The van der Waals surface area contributed by atoms with Crippen LogP contribution >= 0.6 is 23.2 Å². The lowest BCUT2D eigenvalue weighted by Crippen LogP contribution is -2.58. The summed E-state index contributed by atoms with van der Waals surface area (Å²) in [6.07, 6.45) is 3.17. The van der Waals surface area contributed by atoms with E-state index in [9.17, 15) is 23.1 Å². The summed E-state index contributed by atoms with van der Waals surface area (Å²) in [5, 5.41) is 10.9. The van der Waals surface area contributed by atoms with E-state index in [1.165, 1.54) is 6.26 Å². The average Bonchev–Trinajstić information content (AvgIpc) is 3.64. The van der Waals surface area contributed by atoms with Crippen LogP contribution in [0, 0.1) is 11.3 Å². The molecule has 2 unspecified atom stereocenters. The number of amides is 1. The molecule has 1 aliphatic heterocycles. The van der Waals surface area contributed by atoms with Crippen LogP contribution < -0.4 is 0 Å². The highest BCUT2D eigenvalue weighted by Crippen LogP contribution is 2.55. The van der Waals surface area contributed by atoms with Crippen LogP contribution in [0.25, 0.3) is 0 Å². The number of carboxylic acid groups (broad SMARTS) is 1. The number of hydrogen-bond donors (Lipinski definition) is 1. The fourth-order valence-electron chi connectivity index (χ4n) is 5.75. The normalized spacial score (nSPS) is 25.6. The fraction of sp³-hybridized carbons (Fsp3) is 0.481. The van der Waals surface area contributed by atoms with Gasteiger partial charge in [0, 0.05) is 28.3 Å². The number of piperidine rings is 1. The zero-order chi connectivity index (χ0) is 26.3. The first-order valence-corrected chi connectivity index (χ1v) is 15.0. The average molecular weight is 553 g/mol. The van der Waals surface area contributed by atoms with Crippen LogP contribution in [0.5, 0.6) is 0 Å². The minimum absolute atomic E-state index is 0.0518. The summed E-state index contributed by atoms with van der Waals surface area (Å²) in [7, 11) is -3.42. The van der Waals surface area contributed by atoms with Crippen LogP contribution in [0.1, 0.15) is 62.1 Å². The van der Waals surface area contributed by atoms with Crippen molar-refractivity contribution >= 4 is 44.9 Å². The second-order valence-electron chi connectivity index (χ2n) is 10.3. The van der Waals surface area contributed by atoms with Crippen LogP contribution in [-0.4, -0.2) is 48.4 Å². The molecule has 0 radical (unpaired) electrons. The summed E-state index contributed by atoms with van der Waals surface area (Å²) in [4.78, 5) is 28.1. The Morgan fingerprint density at radius 2 is 1.78 bits per heavy atom. The molecule has 2 aliphatic rings. The van der Waals surface area contributed by atoms with Crippen molar-refractivity contribution in [1.29, 1.82) is 0 Å². The highest BCUT2D eigenvalue weighted by Gasteiger charge is 2.56. The molecule has 0 aromatic heterocycles. The van der Waals surface area contributed by atoms with Gasteiger partial charge in [0.05, 0.1) is 23.6 Å². The maximum atomic E-state index is 14.4. The van der Waals surface area contributed by atoms with Crippen molar-refractivity contribution in [1.82, 2.24) is 4.90 Å². The van der Waals surface area contributed by atoms with Crippen LogP contribution in [0.15, 0.2) is 48.5 Å². The molecule has 6 nitrogen and oxygen atoms in total. The van der Waals surface area contributed by atoms with Gasteiger partial charge in [-0.05, 0) is 67.0 Å². The first-order chi connectivity index (χ1) is 16.9. The van der Waals surface area contributed by atoms with E-state index in [0.29, 0.717) is 22.9 Å². The van der Waals surface area contributed by atoms with E-state index in [2.05, 4.69) is 0 Å². The van der Waals surface area contributed by atoms with E-state index in [1.54, 1.807) is 23.1 Å². The summed E-state index contributed by atoms with van der Waals surface area (Å²) >= 11 is 12.6. The predicted octanol–water partition coefficient (Wildman–Crippen LogP) is 5.74. The highest BCUT2D eigenvalue weighted by atomic mass is 35.5. The number of carbonyl (C=O) groups is 2. The molecule has 2 aromatic carbocycles. The van der Waals surface area contributed by atoms with Crippen LogP contribution in [-0.2, 0) is 19.4 Å². The van der Waals surface area contributed by atoms with Crippen LogP contribution in [0.2, 0.25) is 10.0 Å². The summed E-state index contributed by atoms with van der Waals surface area (Å²) < 4.78 is 25.1. The van der Waals surface area contributed by atoms with Crippen LogP contribution in [0.3, 0.4) is 0 Å². The van der Waals surface area contributed by atoms with Gasteiger partial charge in [0.15, 0.2) is 0 Å². The number of rotatable bonds is 9. The van der Waals surface area contributed by atoms with Crippen molar-refractivity contribution in [2.45, 2.75) is 57.0 Å². The van der Waals surface area contributed by atoms with Crippen molar-refractivity contribution < 1.29 is 23.1 Å². The minimum atomic E-state index is -3.42. The van der Waals surface area contributed by atoms with E-state index in [0.717, 1.165) is 24.0 Å². The van der Waals surface area contributed by atoms with Gasteiger partial charge in [0.2, 0.25) is 5.91 Å². The van der Waals surface area contributed by atoms with Crippen molar-refractivity contribution in [2.75, 3.05) is 12.0 Å². The molecule has 1 amide bonds. The Bertz CT molecular complexity index is 1250. The van der Waals surface area contributed by atoms with Crippen molar-refractivity contribution in [2.24, 2.45) is 11.3 Å². The van der Waals surface area contributed by atoms with Gasteiger partial charge in [-0.2, -0.15) is 0 Å². The number of carboxylic acids is 1. The Morgan fingerprint density at radius 3 is 2.31 bits per heavy atom. The molecule has 1 heterocycles. The van der Waals surface area contributed by atoms with Gasteiger partial charge in [0.25, 0.3) is 0 Å². The number of carbonyl (C=O) groups excluding carboxylic acids is 1. The molecule has 0 spiro atoms. The van der Waals surface area contributed by atoms with Gasteiger partial charge >= 0.3 is 5.97 Å². The lowest BCUT2D eigenvalue weighted by Gasteiger charge is -2.53. The molecule has 2 fully saturated rings. The van der Waals surface area contributed by atoms with E-state index < -0.39 is 33.3 Å². The largest absolute Gasteiger partial charge is 0.481 e. The van der Waals surface area contributed by atoms with Gasteiger partial charge in [0.1, 0.15) is 9.84 Å². The number of aliphatic carboxylic acids is 1. The molecule has 1 saturated heterocycles. The number of nitrogens with zero attached hydrogens (tertiary/aromatic N) is 1. The summed E-state index contributed by atoms with van der Waals surface area (Å²) in [5.41, 5.74) is 0.556. The Hall–Kier alpha value is -2.09. The molecule has 194 valence electrons. The SMILES string of the molecule is CC[C@]1(CC(=O)O)CC(c2cccc(Cl)c2)[C@@H](c2ccc(Cl)cc2)N(C(CS(C)(=O)=O)C2CC2)C1=O. The predicted molar refractivity (Wildman–Crippen MR) is 141 cm³/mol. The highest BCUT2D eigenvalue weighted by molar-refractivity contribution is 7.90. The zero-order valence-electron chi connectivity index (χ0n) is 20.4. The molecule has 9 heteroatoms. The molecule has 36 heavy (non-hydrogen) atoms.